The third kappa shape index (κ3) is 7.53. The van der Waals surface area contributed by atoms with E-state index in [1.165, 1.54) is 18.7 Å². The average Bonchev–Trinajstić information content (AvgIpc) is 2.12. The summed E-state index contributed by atoms with van der Waals surface area (Å²) in [5, 5.41) is 0. The molecule has 0 amide bonds. The van der Waals surface area contributed by atoms with Gasteiger partial charge in [-0.25, -0.2) is 0 Å². The molecule has 0 atom stereocenters. The van der Waals surface area contributed by atoms with Gasteiger partial charge in [0.25, 0.3) is 0 Å². The van der Waals surface area contributed by atoms with Crippen molar-refractivity contribution in [2.24, 2.45) is 0 Å². The Morgan fingerprint density at radius 3 is 2.46 bits per heavy atom. The van der Waals surface area contributed by atoms with Crippen molar-refractivity contribution in [2.45, 2.75) is 25.7 Å². The van der Waals surface area contributed by atoms with Crippen LogP contribution in [0, 0.1) is 0 Å². The Hall–Kier alpha value is -0.830. The molecule has 0 rings (SSSR count). The quantitative estimate of drug-likeness (QED) is 0.378. The molecule has 0 aliphatic rings. The summed E-state index contributed by atoms with van der Waals surface area (Å²) in [7, 11) is 1.35. The van der Waals surface area contributed by atoms with Crippen LogP contribution in [0.3, 0.4) is 0 Å². The van der Waals surface area contributed by atoms with E-state index in [0.29, 0.717) is 25.7 Å². The van der Waals surface area contributed by atoms with Crippen LogP contribution in [-0.4, -0.2) is 18.9 Å². The highest BCUT2D eigenvalue weighted by Crippen LogP contribution is 2.02. The number of hydrogen-bond donors (Lipinski definition) is 0. The molecule has 0 bridgehead atoms. The third-order valence-corrected chi connectivity index (χ3v) is 1.66. The lowest BCUT2D eigenvalue weighted by atomic mass is 10.1. The Balaban J connectivity index is 3.35. The van der Waals surface area contributed by atoms with Crippen LogP contribution in [0.5, 0.6) is 0 Å². The zero-order chi connectivity index (χ0) is 10.1. The van der Waals surface area contributed by atoms with Crippen LogP contribution in [-0.2, 0) is 14.3 Å². The molecule has 0 fully saturated rings. The minimum atomic E-state index is -0.236. The van der Waals surface area contributed by atoms with E-state index in [4.69, 9.17) is 11.6 Å². The number of carbonyl (C=O) groups is 2. The zero-order valence-electron chi connectivity index (χ0n) is 7.59. The molecule has 0 N–H and O–H groups in total. The van der Waals surface area contributed by atoms with E-state index in [9.17, 15) is 9.59 Å². The number of allylic oxidation sites excluding steroid dienone is 1. The topological polar surface area (TPSA) is 43.4 Å². The molecule has 0 unspecified atom stereocenters. The largest absolute Gasteiger partial charge is 0.469 e. The summed E-state index contributed by atoms with van der Waals surface area (Å²) in [5.41, 5.74) is 1.20. The van der Waals surface area contributed by atoms with Gasteiger partial charge < -0.3 is 4.74 Å². The second-order valence-electron chi connectivity index (χ2n) is 2.54. The molecule has 0 saturated heterocycles. The van der Waals surface area contributed by atoms with Crippen LogP contribution in [0.15, 0.2) is 11.6 Å². The third-order valence-electron chi connectivity index (χ3n) is 1.53. The van der Waals surface area contributed by atoms with Gasteiger partial charge in [-0.3, -0.25) is 9.59 Å². The van der Waals surface area contributed by atoms with Crippen molar-refractivity contribution in [1.82, 2.24) is 0 Å². The van der Waals surface area contributed by atoms with Crippen LogP contribution < -0.4 is 0 Å². The number of esters is 1. The number of carbonyl (C=O) groups excluding carboxylic acids is 2. The Kier molecular flexibility index (Phi) is 7.30. The van der Waals surface area contributed by atoms with Gasteiger partial charge in [-0.15, -0.1) is 0 Å². The number of hydrogen-bond acceptors (Lipinski definition) is 3. The summed E-state index contributed by atoms with van der Waals surface area (Å²) in [5.74, 6) is -0.250. The lowest BCUT2D eigenvalue weighted by molar-refractivity contribution is -0.140. The molecular weight excluding hydrogens is 192 g/mol. The van der Waals surface area contributed by atoms with E-state index in [2.05, 4.69) is 4.74 Å². The van der Waals surface area contributed by atoms with Crippen LogP contribution in [0.4, 0.5) is 0 Å². The number of rotatable bonds is 6. The van der Waals surface area contributed by atoms with Gasteiger partial charge in [-0.2, -0.15) is 0 Å². The molecule has 0 aromatic rings. The van der Waals surface area contributed by atoms with Gasteiger partial charge in [0.15, 0.2) is 5.78 Å². The van der Waals surface area contributed by atoms with Crippen molar-refractivity contribution in [3.8, 4) is 0 Å². The van der Waals surface area contributed by atoms with E-state index in [1.54, 1.807) is 0 Å². The maximum absolute atomic E-state index is 10.9. The molecule has 0 aromatic carbocycles. The predicted molar refractivity (Wildman–Crippen MR) is 50.5 cm³/mol. The van der Waals surface area contributed by atoms with Crippen LogP contribution in [0.2, 0.25) is 0 Å². The first-order chi connectivity index (χ1) is 6.20. The van der Waals surface area contributed by atoms with E-state index < -0.39 is 0 Å². The number of ketones is 1. The van der Waals surface area contributed by atoms with Crippen molar-refractivity contribution in [2.75, 3.05) is 7.11 Å². The van der Waals surface area contributed by atoms with Crippen molar-refractivity contribution in [1.29, 1.82) is 0 Å². The maximum Gasteiger partial charge on any atom is 0.305 e. The van der Waals surface area contributed by atoms with Crippen LogP contribution >= 0.6 is 11.6 Å². The summed E-state index contributed by atoms with van der Waals surface area (Å²) >= 11 is 5.21. The molecule has 0 radical (unpaired) electrons. The van der Waals surface area contributed by atoms with Gasteiger partial charge in [0.05, 0.1) is 7.11 Å². The summed E-state index contributed by atoms with van der Waals surface area (Å²) < 4.78 is 4.45. The smallest absolute Gasteiger partial charge is 0.305 e. The molecule has 13 heavy (non-hydrogen) atoms. The van der Waals surface area contributed by atoms with E-state index >= 15 is 0 Å². The number of methoxy groups -OCH3 is 1. The number of unbranched alkanes of at least 4 members (excludes halogenated alkanes) is 1. The molecule has 0 aliphatic carbocycles. The van der Waals surface area contributed by atoms with E-state index in [-0.39, 0.29) is 11.8 Å². The van der Waals surface area contributed by atoms with Crippen molar-refractivity contribution in [3.63, 3.8) is 0 Å². The van der Waals surface area contributed by atoms with Gasteiger partial charge in [-0.1, -0.05) is 11.6 Å². The summed E-state index contributed by atoms with van der Waals surface area (Å²) in [6.07, 6.45) is 3.48. The minimum Gasteiger partial charge on any atom is -0.469 e. The molecular formula is C9H13ClO3. The molecule has 4 heteroatoms. The van der Waals surface area contributed by atoms with Crippen molar-refractivity contribution >= 4 is 23.4 Å². The van der Waals surface area contributed by atoms with E-state index in [0.717, 1.165) is 0 Å². The fourth-order valence-electron chi connectivity index (χ4n) is 0.824. The molecule has 3 nitrogen and oxygen atoms in total. The summed E-state index contributed by atoms with van der Waals surface area (Å²) in [4.78, 5) is 21.5. The molecule has 0 heterocycles. The van der Waals surface area contributed by atoms with Gasteiger partial charge in [0.1, 0.15) is 0 Å². The zero-order valence-corrected chi connectivity index (χ0v) is 8.34. The van der Waals surface area contributed by atoms with E-state index in [1.807, 2.05) is 0 Å². The molecule has 0 spiro atoms. The first kappa shape index (κ1) is 12.2. The average molecular weight is 205 g/mol. The fourth-order valence-corrected chi connectivity index (χ4v) is 0.965. The second kappa shape index (κ2) is 7.80. The Morgan fingerprint density at radius 2 is 1.92 bits per heavy atom. The summed E-state index contributed by atoms with van der Waals surface area (Å²) in [6, 6.07) is 0. The number of halogens is 1. The van der Waals surface area contributed by atoms with Crippen LogP contribution in [0.25, 0.3) is 0 Å². The Labute approximate surface area is 82.7 Å². The highest BCUT2D eigenvalue weighted by atomic mass is 35.5. The highest BCUT2D eigenvalue weighted by Gasteiger charge is 2.01. The lowest BCUT2D eigenvalue weighted by Crippen LogP contribution is -2.00. The molecule has 0 aliphatic heterocycles. The molecule has 0 aromatic heterocycles. The van der Waals surface area contributed by atoms with Gasteiger partial charge in [-0.05, 0) is 18.9 Å². The van der Waals surface area contributed by atoms with Crippen molar-refractivity contribution < 1.29 is 14.3 Å². The van der Waals surface area contributed by atoms with Gasteiger partial charge in [0.2, 0.25) is 0 Å². The first-order valence-electron chi connectivity index (χ1n) is 4.07. The SMILES string of the molecule is COC(=O)CCCCC(=O)C=CCl. The summed E-state index contributed by atoms with van der Waals surface area (Å²) in [6.45, 7) is 0. The van der Waals surface area contributed by atoms with Gasteiger partial charge in [0, 0.05) is 18.4 Å². The van der Waals surface area contributed by atoms with Gasteiger partial charge >= 0.3 is 5.97 Å². The standard InChI is InChI=1S/C9H13ClO3/c1-13-9(12)5-3-2-4-8(11)6-7-10/h6-7H,2-5H2,1H3. The maximum atomic E-state index is 10.9. The lowest BCUT2D eigenvalue weighted by Gasteiger charge is -1.97. The first-order valence-corrected chi connectivity index (χ1v) is 4.50. The molecule has 74 valence electrons. The molecule has 0 saturated carbocycles. The monoisotopic (exact) mass is 204 g/mol. The Bertz CT molecular complexity index is 199. The fraction of sp³-hybridized carbons (Fsp3) is 0.556. The second-order valence-corrected chi connectivity index (χ2v) is 2.79. The highest BCUT2D eigenvalue weighted by molar-refractivity contribution is 6.26. The predicted octanol–water partition coefficient (Wildman–Crippen LogP) is 2.04. The van der Waals surface area contributed by atoms with Crippen LogP contribution in [0.1, 0.15) is 25.7 Å². The normalized spacial score (nSPS) is 10.3. The Morgan fingerprint density at radius 1 is 1.31 bits per heavy atom. The van der Waals surface area contributed by atoms with Crippen molar-refractivity contribution in [3.05, 3.63) is 11.6 Å². The minimum absolute atomic E-state index is 0.0140. The number of ether oxygens (including phenoxy) is 1.